The van der Waals surface area contributed by atoms with Crippen LogP contribution in [0, 0.1) is 21.4 Å². The normalized spacial score (nSPS) is 20.7. The fourth-order valence-corrected chi connectivity index (χ4v) is 5.30. The van der Waals surface area contributed by atoms with Gasteiger partial charge in [0.1, 0.15) is 0 Å². The van der Waals surface area contributed by atoms with Gasteiger partial charge < -0.3 is 14.8 Å². The van der Waals surface area contributed by atoms with Crippen LogP contribution in [-0.2, 0) is 9.47 Å². The predicted molar refractivity (Wildman–Crippen MR) is 114 cm³/mol. The zero-order valence-corrected chi connectivity index (χ0v) is 18.2. The first-order valence-corrected chi connectivity index (χ1v) is 11.2. The number of nitrogens with one attached hydrogen (secondary N) is 1. The van der Waals surface area contributed by atoms with Gasteiger partial charge in [0.05, 0.1) is 18.1 Å². The summed E-state index contributed by atoms with van der Waals surface area (Å²) in [6.45, 7) is 6.42. The Morgan fingerprint density at radius 2 is 1.73 bits per heavy atom. The molecule has 7 heteroatoms. The van der Waals surface area contributed by atoms with E-state index < -0.39 is 4.92 Å². The number of carbonyl (C=O) groups is 1. The highest BCUT2D eigenvalue weighted by Gasteiger charge is 2.48. The number of hydrogen-bond acceptors (Lipinski definition) is 5. The van der Waals surface area contributed by atoms with Crippen molar-refractivity contribution in [2.75, 3.05) is 19.8 Å². The first kappa shape index (κ1) is 22.7. The lowest BCUT2D eigenvalue weighted by Gasteiger charge is -2.48. The number of nitro groups is 1. The molecule has 1 atom stereocenters. The number of hydrogen-bond donors (Lipinski definition) is 1. The van der Waals surface area contributed by atoms with Crippen molar-refractivity contribution in [3.05, 3.63) is 39.9 Å². The molecular formula is C23H34N2O5. The number of nitrogens with zero attached hydrogens (tertiary/aromatic N) is 1. The summed E-state index contributed by atoms with van der Waals surface area (Å²) in [5.74, 6) is -0.161. The molecule has 30 heavy (non-hydrogen) atoms. The van der Waals surface area contributed by atoms with Gasteiger partial charge in [0, 0.05) is 37.1 Å². The lowest BCUT2D eigenvalue weighted by molar-refractivity contribution is -0.384. The van der Waals surface area contributed by atoms with E-state index in [4.69, 9.17) is 9.47 Å². The van der Waals surface area contributed by atoms with Gasteiger partial charge in [-0.25, -0.2) is 0 Å². The van der Waals surface area contributed by atoms with Crippen LogP contribution in [0.3, 0.4) is 0 Å². The molecule has 3 rings (SSSR count). The minimum Gasteiger partial charge on any atom is -0.352 e. The van der Waals surface area contributed by atoms with Gasteiger partial charge in [0.15, 0.2) is 5.79 Å². The van der Waals surface area contributed by atoms with Crippen LogP contribution in [0.5, 0.6) is 0 Å². The second-order valence-corrected chi connectivity index (χ2v) is 8.72. The Bertz CT molecular complexity index is 718. The second-order valence-electron chi connectivity index (χ2n) is 8.72. The van der Waals surface area contributed by atoms with Gasteiger partial charge >= 0.3 is 0 Å². The zero-order valence-electron chi connectivity index (χ0n) is 18.2. The molecule has 0 radical (unpaired) electrons. The number of ether oxygens (including phenoxy) is 2. The van der Waals surface area contributed by atoms with Crippen LogP contribution in [0.1, 0.15) is 75.6 Å². The third-order valence-electron chi connectivity index (χ3n) is 6.92. The molecule has 7 nitrogen and oxygen atoms in total. The fourth-order valence-electron chi connectivity index (χ4n) is 5.30. The monoisotopic (exact) mass is 418 g/mol. The molecule has 1 unspecified atom stereocenters. The molecular weight excluding hydrogens is 384 g/mol. The number of nitro benzene ring substituents is 1. The van der Waals surface area contributed by atoms with E-state index in [-0.39, 0.29) is 22.8 Å². The number of non-ortho nitro benzene ring substituents is 1. The van der Waals surface area contributed by atoms with Crippen molar-refractivity contribution in [3.63, 3.8) is 0 Å². The molecule has 166 valence electrons. The van der Waals surface area contributed by atoms with Crippen LogP contribution in [0.4, 0.5) is 5.69 Å². The lowest BCUT2D eigenvalue weighted by Crippen LogP contribution is -2.46. The van der Waals surface area contributed by atoms with Crippen molar-refractivity contribution >= 4 is 11.6 Å². The van der Waals surface area contributed by atoms with Crippen molar-refractivity contribution in [1.82, 2.24) is 5.32 Å². The average molecular weight is 419 g/mol. The highest BCUT2D eigenvalue weighted by molar-refractivity contribution is 5.94. The van der Waals surface area contributed by atoms with E-state index in [0.29, 0.717) is 31.2 Å². The molecule has 1 aliphatic carbocycles. The summed E-state index contributed by atoms with van der Waals surface area (Å²) in [5, 5.41) is 13.9. The average Bonchev–Trinajstić information content (AvgIpc) is 3.21. The van der Waals surface area contributed by atoms with Crippen LogP contribution in [0.25, 0.3) is 0 Å². The quantitative estimate of drug-likeness (QED) is 0.457. The van der Waals surface area contributed by atoms with E-state index in [1.165, 1.54) is 24.3 Å². The van der Waals surface area contributed by atoms with Crippen LogP contribution < -0.4 is 5.32 Å². The molecule has 1 spiro atoms. The number of carbonyl (C=O) groups excluding carboxylic acids is 1. The Balaban J connectivity index is 1.66. The number of benzene rings is 1. The Labute approximate surface area is 178 Å². The molecule has 1 N–H and O–H groups in total. The largest absolute Gasteiger partial charge is 0.352 e. The maximum Gasteiger partial charge on any atom is 0.269 e. The van der Waals surface area contributed by atoms with Crippen molar-refractivity contribution in [2.45, 2.75) is 71.0 Å². The molecule has 1 saturated carbocycles. The van der Waals surface area contributed by atoms with Crippen LogP contribution in [0.15, 0.2) is 24.3 Å². The predicted octanol–water partition coefficient (Wildman–Crippen LogP) is 4.84. The van der Waals surface area contributed by atoms with E-state index in [1.807, 2.05) is 0 Å². The van der Waals surface area contributed by atoms with Gasteiger partial charge in [-0.2, -0.15) is 0 Å². The van der Waals surface area contributed by atoms with Crippen LogP contribution in [0.2, 0.25) is 0 Å². The topological polar surface area (TPSA) is 90.7 Å². The summed E-state index contributed by atoms with van der Waals surface area (Å²) in [4.78, 5) is 23.0. The first-order chi connectivity index (χ1) is 14.4. The molecule has 1 saturated heterocycles. The smallest absolute Gasteiger partial charge is 0.269 e. The molecule has 1 amide bonds. The van der Waals surface area contributed by atoms with Gasteiger partial charge in [0.2, 0.25) is 0 Å². The fraction of sp³-hybridized carbons (Fsp3) is 0.696. The minimum atomic E-state index is -0.457. The molecule has 0 aromatic heterocycles. The Morgan fingerprint density at radius 1 is 1.10 bits per heavy atom. The van der Waals surface area contributed by atoms with Gasteiger partial charge in [-0.15, -0.1) is 0 Å². The molecule has 2 aliphatic rings. The van der Waals surface area contributed by atoms with E-state index in [9.17, 15) is 14.9 Å². The molecule has 0 bridgehead atoms. The van der Waals surface area contributed by atoms with Gasteiger partial charge in [0.25, 0.3) is 11.6 Å². The van der Waals surface area contributed by atoms with Crippen LogP contribution in [-0.4, -0.2) is 36.4 Å². The van der Waals surface area contributed by atoms with Gasteiger partial charge in [-0.3, -0.25) is 14.9 Å². The number of rotatable bonds is 9. The summed E-state index contributed by atoms with van der Waals surface area (Å²) in [5.41, 5.74) is 0.634. The number of amides is 1. The van der Waals surface area contributed by atoms with Crippen molar-refractivity contribution in [2.24, 2.45) is 11.3 Å². The van der Waals surface area contributed by atoms with E-state index in [1.54, 1.807) is 0 Å². The van der Waals surface area contributed by atoms with Gasteiger partial charge in [-0.1, -0.05) is 26.7 Å². The second kappa shape index (κ2) is 9.88. The Morgan fingerprint density at radius 3 is 2.27 bits per heavy atom. The molecule has 1 aromatic rings. The summed E-state index contributed by atoms with van der Waals surface area (Å²) in [6.07, 6.45) is 8.34. The zero-order chi connectivity index (χ0) is 21.6. The Kier molecular flexibility index (Phi) is 7.47. The standard InChI is InChI=1S/C23H34N2O5/c1-3-5-19(17-24-21(26)18-6-8-20(9-7-18)25(27)28)22(10-4-2)11-13-23(14-12-22)29-15-16-30-23/h6-9,19H,3-5,10-17H2,1-2H3,(H,24,26). The van der Waals surface area contributed by atoms with E-state index in [0.717, 1.165) is 51.4 Å². The molecule has 1 aromatic carbocycles. The summed E-state index contributed by atoms with van der Waals surface area (Å²) < 4.78 is 11.9. The Hall–Kier alpha value is -1.99. The van der Waals surface area contributed by atoms with Crippen molar-refractivity contribution in [3.8, 4) is 0 Å². The highest BCUT2D eigenvalue weighted by atomic mass is 16.7. The van der Waals surface area contributed by atoms with E-state index in [2.05, 4.69) is 19.2 Å². The summed E-state index contributed by atoms with van der Waals surface area (Å²) >= 11 is 0. The van der Waals surface area contributed by atoms with Crippen molar-refractivity contribution < 1.29 is 19.2 Å². The SMILES string of the molecule is CCCC(CNC(=O)c1ccc([N+](=O)[O-])cc1)C1(CCC)CCC2(CC1)OCCO2. The third-order valence-corrected chi connectivity index (χ3v) is 6.92. The molecule has 1 aliphatic heterocycles. The molecule has 2 fully saturated rings. The molecule has 1 heterocycles. The van der Waals surface area contributed by atoms with E-state index >= 15 is 0 Å². The minimum absolute atomic E-state index is 0.00945. The van der Waals surface area contributed by atoms with Gasteiger partial charge in [-0.05, 0) is 49.1 Å². The lowest BCUT2D eigenvalue weighted by atomic mass is 9.61. The summed E-state index contributed by atoms with van der Waals surface area (Å²) in [7, 11) is 0. The van der Waals surface area contributed by atoms with Crippen LogP contribution >= 0.6 is 0 Å². The summed E-state index contributed by atoms with van der Waals surface area (Å²) in [6, 6.07) is 5.78. The first-order valence-electron chi connectivity index (χ1n) is 11.2. The third kappa shape index (κ3) is 5.01. The van der Waals surface area contributed by atoms with Crippen molar-refractivity contribution in [1.29, 1.82) is 0 Å². The highest BCUT2D eigenvalue weighted by Crippen LogP contribution is 2.52. The maximum atomic E-state index is 12.7. The maximum absolute atomic E-state index is 12.7.